The molecule has 1 aromatic carbocycles. The quantitative estimate of drug-likeness (QED) is 0.490. The number of methoxy groups -OCH3 is 1. The predicted octanol–water partition coefficient (Wildman–Crippen LogP) is -0.859. The highest BCUT2D eigenvalue weighted by molar-refractivity contribution is 7.89. The number of sulfonamides is 1. The molecule has 0 spiro atoms. The van der Waals surface area contributed by atoms with Gasteiger partial charge >= 0.3 is 11.1 Å². The fourth-order valence-electron chi connectivity index (χ4n) is 1.62. The fraction of sp³-hybridized carbons (Fsp3) is 0.273. The second-order valence-corrected chi connectivity index (χ2v) is 5.77. The summed E-state index contributed by atoms with van der Waals surface area (Å²) < 4.78 is 31.1. The maximum absolute atomic E-state index is 12.0. The van der Waals surface area contributed by atoms with Crippen LogP contribution in [0.5, 0.6) is 0 Å². The summed E-state index contributed by atoms with van der Waals surface area (Å²) >= 11 is 0. The van der Waals surface area contributed by atoms with Crippen LogP contribution in [0.25, 0.3) is 11.0 Å². The van der Waals surface area contributed by atoms with Crippen LogP contribution in [0.2, 0.25) is 0 Å². The van der Waals surface area contributed by atoms with Crippen LogP contribution in [0, 0.1) is 0 Å². The van der Waals surface area contributed by atoms with Gasteiger partial charge in [0.05, 0.1) is 22.5 Å². The minimum atomic E-state index is -3.69. The van der Waals surface area contributed by atoms with Crippen LogP contribution < -0.4 is 15.8 Å². The fourth-order valence-corrected chi connectivity index (χ4v) is 2.66. The van der Waals surface area contributed by atoms with Crippen LogP contribution in [-0.4, -0.2) is 38.6 Å². The van der Waals surface area contributed by atoms with E-state index in [4.69, 9.17) is 4.74 Å². The minimum Gasteiger partial charge on any atom is -0.383 e. The number of hydrogen-bond acceptors (Lipinski definition) is 5. The third-order valence-corrected chi connectivity index (χ3v) is 4.06. The first-order valence-electron chi connectivity index (χ1n) is 5.69. The first-order valence-corrected chi connectivity index (χ1v) is 7.17. The van der Waals surface area contributed by atoms with Gasteiger partial charge < -0.3 is 14.7 Å². The van der Waals surface area contributed by atoms with Crippen molar-refractivity contribution in [1.29, 1.82) is 0 Å². The highest BCUT2D eigenvalue weighted by Gasteiger charge is 2.14. The van der Waals surface area contributed by atoms with Crippen molar-refractivity contribution < 1.29 is 13.2 Å². The van der Waals surface area contributed by atoms with Gasteiger partial charge in [0.1, 0.15) is 0 Å². The van der Waals surface area contributed by atoms with Gasteiger partial charge in [0.2, 0.25) is 10.0 Å². The number of rotatable bonds is 5. The van der Waals surface area contributed by atoms with Gasteiger partial charge in [-0.25, -0.2) is 13.1 Å². The Morgan fingerprint density at radius 3 is 2.45 bits per heavy atom. The average molecular weight is 299 g/mol. The van der Waals surface area contributed by atoms with Crippen molar-refractivity contribution in [3.8, 4) is 0 Å². The molecular weight excluding hydrogens is 286 g/mol. The average Bonchev–Trinajstić information content (AvgIpc) is 2.39. The minimum absolute atomic E-state index is 0.0104. The summed E-state index contributed by atoms with van der Waals surface area (Å²) in [6, 6.07) is 4.03. The molecule has 0 fully saturated rings. The molecule has 0 aliphatic heterocycles. The van der Waals surface area contributed by atoms with Gasteiger partial charge in [-0.1, -0.05) is 0 Å². The summed E-state index contributed by atoms with van der Waals surface area (Å²) in [5.74, 6) is 0. The zero-order valence-electron chi connectivity index (χ0n) is 10.6. The third kappa shape index (κ3) is 2.95. The summed E-state index contributed by atoms with van der Waals surface area (Å²) in [6.07, 6.45) is 0. The van der Waals surface area contributed by atoms with Gasteiger partial charge in [0, 0.05) is 13.7 Å². The number of fused-ring (bicyclic) bond motifs is 1. The SMILES string of the molecule is COCCNS(=O)(=O)c1ccc2[nH]c(=O)c(=O)[nH]c2c1. The topological polar surface area (TPSA) is 121 Å². The molecule has 0 amide bonds. The first-order chi connectivity index (χ1) is 9.44. The van der Waals surface area contributed by atoms with E-state index in [-0.39, 0.29) is 23.6 Å². The molecule has 20 heavy (non-hydrogen) atoms. The van der Waals surface area contributed by atoms with Gasteiger partial charge in [-0.2, -0.15) is 0 Å². The van der Waals surface area contributed by atoms with E-state index in [2.05, 4.69) is 14.7 Å². The molecule has 0 aliphatic rings. The maximum atomic E-state index is 12.0. The van der Waals surface area contributed by atoms with Gasteiger partial charge in [-0.3, -0.25) is 9.59 Å². The molecule has 1 heterocycles. The number of hydrogen-bond donors (Lipinski definition) is 3. The standard InChI is InChI=1S/C11H13N3O5S/c1-19-5-4-12-20(17,18)7-2-3-8-9(6-7)14-11(16)10(15)13-8/h2-3,6,12H,4-5H2,1H3,(H,13,15)(H,14,16). The number of aromatic nitrogens is 2. The molecule has 0 aliphatic carbocycles. The Morgan fingerprint density at radius 2 is 1.80 bits per heavy atom. The Bertz CT molecular complexity index is 837. The molecule has 0 saturated heterocycles. The van der Waals surface area contributed by atoms with E-state index < -0.39 is 21.1 Å². The maximum Gasteiger partial charge on any atom is 0.314 e. The molecular formula is C11H13N3O5S. The van der Waals surface area contributed by atoms with Crippen molar-refractivity contribution in [3.63, 3.8) is 0 Å². The monoisotopic (exact) mass is 299 g/mol. The lowest BCUT2D eigenvalue weighted by atomic mass is 10.3. The smallest absolute Gasteiger partial charge is 0.314 e. The Balaban J connectivity index is 2.43. The first kappa shape index (κ1) is 14.4. The van der Waals surface area contributed by atoms with E-state index in [1.807, 2.05) is 0 Å². The molecule has 108 valence electrons. The zero-order valence-corrected chi connectivity index (χ0v) is 11.4. The van der Waals surface area contributed by atoms with Crippen molar-refractivity contribution in [3.05, 3.63) is 38.9 Å². The number of ether oxygens (including phenoxy) is 1. The van der Waals surface area contributed by atoms with Crippen LogP contribution in [0.4, 0.5) is 0 Å². The molecule has 1 aromatic heterocycles. The molecule has 2 aromatic rings. The highest BCUT2D eigenvalue weighted by atomic mass is 32.2. The third-order valence-electron chi connectivity index (χ3n) is 2.60. The highest BCUT2D eigenvalue weighted by Crippen LogP contribution is 2.13. The summed E-state index contributed by atoms with van der Waals surface area (Å²) in [7, 11) is -2.23. The van der Waals surface area contributed by atoms with Crippen molar-refractivity contribution in [2.45, 2.75) is 4.90 Å². The van der Waals surface area contributed by atoms with Crippen LogP contribution in [0.3, 0.4) is 0 Å². The Kier molecular flexibility index (Phi) is 4.02. The summed E-state index contributed by atoms with van der Waals surface area (Å²) in [5, 5.41) is 0. The van der Waals surface area contributed by atoms with E-state index in [0.29, 0.717) is 5.52 Å². The lowest BCUT2D eigenvalue weighted by molar-refractivity contribution is 0.204. The molecule has 2 rings (SSSR count). The molecule has 0 atom stereocenters. The largest absolute Gasteiger partial charge is 0.383 e. The zero-order chi connectivity index (χ0) is 14.8. The molecule has 0 unspecified atom stereocenters. The van der Waals surface area contributed by atoms with Gasteiger partial charge in [-0.05, 0) is 18.2 Å². The lowest BCUT2D eigenvalue weighted by Gasteiger charge is -2.07. The van der Waals surface area contributed by atoms with E-state index >= 15 is 0 Å². The van der Waals surface area contributed by atoms with Crippen LogP contribution >= 0.6 is 0 Å². The summed E-state index contributed by atoms with van der Waals surface area (Å²) in [6.45, 7) is 0.385. The van der Waals surface area contributed by atoms with Gasteiger partial charge in [-0.15, -0.1) is 0 Å². The van der Waals surface area contributed by atoms with Gasteiger partial charge in [0.15, 0.2) is 0 Å². The number of aromatic amines is 2. The Morgan fingerprint density at radius 1 is 1.15 bits per heavy atom. The van der Waals surface area contributed by atoms with Crippen molar-refractivity contribution in [2.24, 2.45) is 0 Å². The Hall–Kier alpha value is -1.97. The number of benzene rings is 1. The molecule has 3 N–H and O–H groups in total. The second kappa shape index (κ2) is 5.57. The van der Waals surface area contributed by atoms with Crippen molar-refractivity contribution in [1.82, 2.24) is 14.7 Å². The van der Waals surface area contributed by atoms with Crippen LogP contribution in [0.15, 0.2) is 32.7 Å². The van der Waals surface area contributed by atoms with E-state index in [1.165, 1.54) is 25.3 Å². The molecule has 0 saturated carbocycles. The lowest BCUT2D eigenvalue weighted by Crippen LogP contribution is -2.29. The van der Waals surface area contributed by atoms with Gasteiger partial charge in [0.25, 0.3) is 0 Å². The molecule has 0 radical (unpaired) electrons. The van der Waals surface area contributed by atoms with E-state index in [1.54, 1.807) is 0 Å². The normalized spacial score (nSPS) is 11.8. The predicted molar refractivity (Wildman–Crippen MR) is 72.3 cm³/mol. The molecule has 0 bridgehead atoms. The second-order valence-electron chi connectivity index (χ2n) is 4.01. The summed E-state index contributed by atoms with van der Waals surface area (Å²) in [5.41, 5.74) is -1.03. The number of H-pyrrole nitrogens is 2. The molecule has 8 nitrogen and oxygen atoms in total. The molecule has 9 heteroatoms. The van der Waals surface area contributed by atoms with Crippen molar-refractivity contribution in [2.75, 3.05) is 20.3 Å². The number of nitrogens with one attached hydrogen (secondary N) is 3. The Labute approximate surface area is 113 Å². The van der Waals surface area contributed by atoms with E-state index in [9.17, 15) is 18.0 Å². The van der Waals surface area contributed by atoms with Crippen molar-refractivity contribution >= 4 is 21.1 Å². The van der Waals surface area contributed by atoms with Crippen LogP contribution in [-0.2, 0) is 14.8 Å². The van der Waals surface area contributed by atoms with Crippen LogP contribution in [0.1, 0.15) is 0 Å². The summed E-state index contributed by atoms with van der Waals surface area (Å²) in [4.78, 5) is 27.0. The van der Waals surface area contributed by atoms with E-state index in [0.717, 1.165) is 0 Å².